The molecule has 104 valence electrons. The lowest BCUT2D eigenvalue weighted by Crippen LogP contribution is -2.51. The van der Waals surface area contributed by atoms with Gasteiger partial charge in [0.2, 0.25) is 0 Å². The minimum Gasteiger partial charge on any atom is -0.369 e. The number of anilines is 1. The highest BCUT2D eigenvalue weighted by atomic mass is 16.1. The minimum atomic E-state index is 0.218. The quantitative estimate of drug-likeness (QED) is 0.778. The van der Waals surface area contributed by atoms with Gasteiger partial charge < -0.3 is 4.90 Å². The van der Waals surface area contributed by atoms with Gasteiger partial charge in [0.05, 0.1) is 0 Å². The number of nitrogens with zero attached hydrogens (tertiary/aromatic N) is 2. The number of piperazine rings is 1. The summed E-state index contributed by atoms with van der Waals surface area (Å²) in [5.41, 5.74) is 2.06. The van der Waals surface area contributed by atoms with Crippen molar-refractivity contribution in [1.82, 2.24) is 4.90 Å². The Hall–Kier alpha value is -1.35. The second-order valence-electron chi connectivity index (χ2n) is 5.25. The van der Waals surface area contributed by atoms with Crippen molar-refractivity contribution in [1.29, 1.82) is 0 Å². The molecule has 0 radical (unpaired) electrons. The van der Waals surface area contributed by atoms with Gasteiger partial charge in [0, 0.05) is 43.3 Å². The van der Waals surface area contributed by atoms with Gasteiger partial charge in [-0.15, -0.1) is 0 Å². The molecule has 3 heteroatoms. The summed E-state index contributed by atoms with van der Waals surface area (Å²) in [7, 11) is 0. The lowest BCUT2D eigenvalue weighted by atomic mass is 10.1. The summed E-state index contributed by atoms with van der Waals surface area (Å²) >= 11 is 0. The first kappa shape index (κ1) is 14.1. The first-order valence-electron chi connectivity index (χ1n) is 7.28. The Labute approximate surface area is 116 Å². The van der Waals surface area contributed by atoms with Gasteiger partial charge >= 0.3 is 0 Å². The normalized spacial score (nSPS) is 20.6. The molecule has 2 rings (SSSR count). The van der Waals surface area contributed by atoms with E-state index < -0.39 is 0 Å². The number of carbonyl (C=O) groups excluding carboxylic acids is 1. The van der Waals surface area contributed by atoms with Crippen molar-refractivity contribution in [2.75, 3.05) is 31.1 Å². The van der Waals surface area contributed by atoms with E-state index in [9.17, 15) is 4.79 Å². The van der Waals surface area contributed by atoms with Crippen LogP contribution in [0.4, 0.5) is 5.69 Å². The second kappa shape index (κ2) is 6.20. The van der Waals surface area contributed by atoms with Gasteiger partial charge in [-0.3, -0.25) is 9.69 Å². The van der Waals surface area contributed by atoms with E-state index in [1.54, 1.807) is 0 Å². The fourth-order valence-electron chi connectivity index (χ4n) is 2.76. The zero-order valence-corrected chi connectivity index (χ0v) is 12.2. The lowest BCUT2D eigenvalue weighted by Gasteiger charge is -2.40. The molecule has 0 aromatic heterocycles. The maximum Gasteiger partial charge on any atom is 0.162 e. The van der Waals surface area contributed by atoms with Crippen molar-refractivity contribution in [3.8, 4) is 0 Å². The molecular formula is C16H24N2O. The van der Waals surface area contributed by atoms with Gasteiger partial charge in [-0.1, -0.05) is 13.8 Å². The van der Waals surface area contributed by atoms with Gasteiger partial charge in [-0.05, 0) is 37.7 Å². The molecule has 1 atom stereocenters. The molecule has 0 N–H and O–H groups in total. The van der Waals surface area contributed by atoms with Crippen LogP contribution in [0.5, 0.6) is 0 Å². The smallest absolute Gasteiger partial charge is 0.162 e. The standard InChI is InChI=1S/C16H24N2O/c1-4-16(19)14-6-8-15(9-7-14)18-11-10-17(5-2)13(3)12-18/h6-9,13H,4-5,10-12H2,1-3H3. The van der Waals surface area contributed by atoms with Crippen LogP contribution in [0.2, 0.25) is 0 Å². The number of ketones is 1. The first-order chi connectivity index (χ1) is 9.15. The third-order valence-corrected chi connectivity index (χ3v) is 4.05. The van der Waals surface area contributed by atoms with E-state index in [0.29, 0.717) is 12.5 Å². The van der Waals surface area contributed by atoms with Gasteiger partial charge in [0.25, 0.3) is 0 Å². The Morgan fingerprint density at radius 2 is 1.89 bits per heavy atom. The van der Waals surface area contributed by atoms with E-state index >= 15 is 0 Å². The van der Waals surface area contributed by atoms with Crippen LogP contribution in [0.25, 0.3) is 0 Å². The van der Waals surface area contributed by atoms with Crippen LogP contribution in [-0.4, -0.2) is 42.9 Å². The Morgan fingerprint density at radius 3 is 2.42 bits per heavy atom. The predicted octanol–water partition coefficient (Wildman–Crippen LogP) is 2.81. The fraction of sp³-hybridized carbons (Fsp3) is 0.562. The van der Waals surface area contributed by atoms with Crippen LogP contribution in [0.1, 0.15) is 37.6 Å². The Kier molecular flexibility index (Phi) is 4.59. The fourth-order valence-corrected chi connectivity index (χ4v) is 2.76. The summed E-state index contributed by atoms with van der Waals surface area (Å²) in [6.07, 6.45) is 0.575. The van der Waals surface area contributed by atoms with Crippen molar-refractivity contribution in [2.45, 2.75) is 33.2 Å². The van der Waals surface area contributed by atoms with Crippen LogP contribution in [0.15, 0.2) is 24.3 Å². The number of carbonyl (C=O) groups is 1. The molecule has 1 aromatic rings. The molecule has 1 unspecified atom stereocenters. The molecule has 1 aliphatic heterocycles. The number of benzene rings is 1. The number of hydrogen-bond donors (Lipinski definition) is 0. The monoisotopic (exact) mass is 260 g/mol. The molecule has 0 amide bonds. The molecule has 0 saturated carbocycles. The SMILES string of the molecule is CCC(=O)c1ccc(N2CCN(CC)C(C)C2)cc1. The average molecular weight is 260 g/mol. The Morgan fingerprint density at radius 1 is 1.21 bits per heavy atom. The third-order valence-electron chi connectivity index (χ3n) is 4.05. The van der Waals surface area contributed by atoms with E-state index in [4.69, 9.17) is 0 Å². The van der Waals surface area contributed by atoms with Crippen LogP contribution >= 0.6 is 0 Å². The van der Waals surface area contributed by atoms with E-state index in [2.05, 4.69) is 35.8 Å². The summed E-state index contributed by atoms with van der Waals surface area (Å²) < 4.78 is 0. The summed E-state index contributed by atoms with van der Waals surface area (Å²) in [6.45, 7) is 10.8. The third kappa shape index (κ3) is 3.16. The van der Waals surface area contributed by atoms with Crippen molar-refractivity contribution in [3.05, 3.63) is 29.8 Å². The van der Waals surface area contributed by atoms with Gasteiger partial charge in [0.1, 0.15) is 0 Å². The van der Waals surface area contributed by atoms with Crippen molar-refractivity contribution in [3.63, 3.8) is 0 Å². The highest BCUT2D eigenvalue weighted by Crippen LogP contribution is 2.20. The zero-order valence-electron chi connectivity index (χ0n) is 12.2. The lowest BCUT2D eigenvalue weighted by molar-refractivity contribution is 0.0988. The molecule has 0 bridgehead atoms. The number of hydrogen-bond acceptors (Lipinski definition) is 3. The van der Waals surface area contributed by atoms with Crippen LogP contribution in [0.3, 0.4) is 0 Å². The Balaban J connectivity index is 2.05. The maximum absolute atomic E-state index is 11.6. The van der Waals surface area contributed by atoms with Crippen LogP contribution in [0, 0.1) is 0 Å². The number of likely N-dealkylation sites (N-methyl/N-ethyl adjacent to an activating group) is 1. The van der Waals surface area contributed by atoms with Crippen LogP contribution in [-0.2, 0) is 0 Å². The van der Waals surface area contributed by atoms with Gasteiger partial charge in [-0.25, -0.2) is 0 Å². The minimum absolute atomic E-state index is 0.218. The summed E-state index contributed by atoms with van der Waals surface area (Å²) in [6, 6.07) is 8.67. The molecule has 3 nitrogen and oxygen atoms in total. The molecule has 1 saturated heterocycles. The van der Waals surface area contributed by atoms with E-state index in [-0.39, 0.29) is 5.78 Å². The summed E-state index contributed by atoms with van der Waals surface area (Å²) in [5.74, 6) is 0.218. The molecule has 0 aliphatic carbocycles. The molecule has 1 aromatic carbocycles. The van der Waals surface area contributed by atoms with Gasteiger partial charge in [0.15, 0.2) is 5.78 Å². The van der Waals surface area contributed by atoms with E-state index in [1.807, 2.05) is 19.1 Å². The molecular weight excluding hydrogens is 236 g/mol. The number of Topliss-reactive ketones (excluding diaryl/α,β-unsaturated/α-hetero) is 1. The molecule has 1 aliphatic rings. The molecule has 1 heterocycles. The molecule has 0 spiro atoms. The molecule has 19 heavy (non-hydrogen) atoms. The largest absolute Gasteiger partial charge is 0.369 e. The van der Waals surface area contributed by atoms with E-state index in [1.165, 1.54) is 5.69 Å². The maximum atomic E-state index is 11.6. The van der Waals surface area contributed by atoms with E-state index in [0.717, 1.165) is 31.7 Å². The zero-order chi connectivity index (χ0) is 13.8. The average Bonchev–Trinajstić information content (AvgIpc) is 2.46. The van der Waals surface area contributed by atoms with Crippen molar-refractivity contribution >= 4 is 11.5 Å². The highest BCUT2D eigenvalue weighted by Gasteiger charge is 2.22. The number of rotatable bonds is 4. The highest BCUT2D eigenvalue weighted by molar-refractivity contribution is 5.96. The Bertz CT molecular complexity index is 427. The van der Waals surface area contributed by atoms with Gasteiger partial charge in [-0.2, -0.15) is 0 Å². The topological polar surface area (TPSA) is 23.6 Å². The first-order valence-corrected chi connectivity index (χ1v) is 7.28. The second-order valence-corrected chi connectivity index (χ2v) is 5.25. The summed E-state index contributed by atoms with van der Waals surface area (Å²) in [4.78, 5) is 16.5. The predicted molar refractivity (Wildman–Crippen MR) is 80.0 cm³/mol. The van der Waals surface area contributed by atoms with Crippen molar-refractivity contribution in [2.24, 2.45) is 0 Å². The summed E-state index contributed by atoms with van der Waals surface area (Å²) in [5, 5.41) is 0. The molecule has 1 fully saturated rings. The van der Waals surface area contributed by atoms with Crippen LogP contribution < -0.4 is 4.90 Å². The van der Waals surface area contributed by atoms with Crippen molar-refractivity contribution < 1.29 is 4.79 Å².